The summed E-state index contributed by atoms with van der Waals surface area (Å²) in [6.07, 6.45) is 0. The summed E-state index contributed by atoms with van der Waals surface area (Å²) in [5.41, 5.74) is 10.2. The van der Waals surface area contributed by atoms with Gasteiger partial charge in [-0.1, -0.05) is 44.5 Å². The summed E-state index contributed by atoms with van der Waals surface area (Å²) in [5.74, 6) is 0. The Hall–Kier alpha value is -0.530. The Morgan fingerprint density at radius 2 is 1.67 bits per heavy atom. The molecule has 2 N–H and O–H groups in total. The summed E-state index contributed by atoms with van der Waals surface area (Å²) in [5, 5.41) is 0. The first-order chi connectivity index (χ1) is 6.32. The Balaban J connectivity index is 0.00000196. The molecule has 1 aromatic rings. The highest BCUT2D eigenvalue weighted by atomic mass is 35.5. The molecule has 1 aromatic carbocycles. The lowest BCUT2D eigenvalue weighted by Gasteiger charge is -2.28. The number of rotatable bonds is 1. The topological polar surface area (TPSA) is 26.0 Å². The van der Waals surface area contributed by atoms with Crippen molar-refractivity contribution in [3.8, 4) is 0 Å². The minimum Gasteiger partial charge on any atom is -0.324 e. The van der Waals surface area contributed by atoms with Crippen LogP contribution in [0.15, 0.2) is 18.2 Å². The van der Waals surface area contributed by atoms with Crippen molar-refractivity contribution in [2.45, 2.75) is 40.7 Å². The molecular weight excluding hydrogens is 206 g/mol. The van der Waals surface area contributed by atoms with Gasteiger partial charge in [0.2, 0.25) is 0 Å². The molecule has 2 heteroatoms. The summed E-state index contributed by atoms with van der Waals surface area (Å²) in [6.45, 7) is 10.8. The molecule has 0 aromatic heterocycles. The molecule has 1 nitrogen and oxygen atoms in total. The van der Waals surface area contributed by atoms with Crippen molar-refractivity contribution in [3.63, 3.8) is 0 Å². The average molecular weight is 228 g/mol. The molecule has 0 aliphatic heterocycles. The van der Waals surface area contributed by atoms with Crippen LogP contribution in [0.25, 0.3) is 0 Å². The Labute approximate surface area is 99.5 Å². The highest BCUT2D eigenvalue weighted by Gasteiger charge is 2.23. The van der Waals surface area contributed by atoms with Crippen molar-refractivity contribution in [1.29, 1.82) is 0 Å². The average Bonchev–Trinajstić information content (AvgIpc) is 2.01. The van der Waals surface area contributed by atoms with E-state index in [0.717, 1.165) is 0 Å². The summed E-state index contributed by atoms with van der Waals surface area (Å²) >= 11 is 0. The largest absolute Gasteiger partial charge is 0.324 e. The van der Waals surface area contributed by atoms with E-state index in [1.165, 1.54) is 16.7 Å². The first-order valence-corrected chi connectivity index (χ1v) is 5.15. The van der Waals surface area contributed by atoms with Crippen molar-refractivity contribution in [2.75, 3.05) is 0 Å². The Morgan fingerprint density at radius 3 is 2.07 bits per heavy atom. The smallest absolute Gasteiger partial charge is 0.0346 e. The van der Waals surface area contributed by atoms with Gasteiger partial charge in [-0.05, 0) is 30.4 Å². The van der Waals surface area contributed by atoms with Crippen LogP contribution in [0, 0.1) is 19.3 Å². The van der Waals surface area contributed by atoms with E-state index in [0.29, 0.717) is 0 Å². The maximum Gasteiger partial charge on any atom is 0.0346 e. The molecule has 0 saturated heterocycles. The lowest BCUT2D eigenvalue weighted by molar-refractivity contribution is 0.326. The van der Waals surface area contributed by atoms with E-state index >= 15 is 0 Å². The molecule has 15 heavy (non-hydrogen) atoms. The lowest BCUT2D eigenvalue weighted by atomic mass is 9.81. The number of hydrogen-bond acceptors (Lipinski definition) is 1. The molecule has 0 amide bonds. The molecule has 0 saturated carbocycles. The van der Waals surface area contributed by atoms with E-state index < -0.39 is 0 Å². The van der Waals surface area contributed by atoms with Crippen molar-refractivity contribution < 1.29 is 0 Å². The zero-order chi connectivity index (χ0) is 10.9. The first kappa shape index (κ1) is 14.5. The van der Waals surface area contributed by atoms with Crippen LogP contribution in [0.2, 0.25) is 0 Å². The Morgan fingerprint density at radius 1 is 1.13 bits per heavy atom. The van der Waals surface area contributed by atoms with Crippen LogP contribution in [0.3, 0.4) is 0 Å². The molecule has 0 bridgehead atoms. The maximum atomic E-state index is 6.22. The van der Waals surface area contributed by atoms with Gasteiger partial charge in [0.15, 0.2) is 0 Å². The first-order valence-electron chi connectivity index (χ1n) is 5.15. The van der Waals surface area contributed by atoms with E-state index in [9.17, 15) is 0 Å². The maximum absolute atomic E-state index is 6.22. The predicted octanol–water partition coefficient (Wildman–Crippen LogP) is 3.77. The molecule has 0 aliphatic carbocycles. The lowest BCUT2D eigenvalue weighted by Crippen LogP contribution is -2.26. The van der Waals surface area contributed by atoms with Gasteiger partial charge in [-0.25, -0.2) is 0 Å². The van der Waals surface area contributed by atoms with Crippen LogP contribution in [0.4, 0.5) is 0 Å². The van der Waals surface area contributed by atoms with Crippen LogP contribution in [-0.4, -0.2) is 0 Å². The molecule has 1 atom stereocenters. The van der Waals surface area contributed by atoms with Crippen molar-refractivity contribution >= 4 is 12.4 Å². The normalized spacial score (nSPS) is 13.2. The van der Waals surface area contributed by atoms with E-state index in [4.69, 9.17) is 5.73 Å². The van der Waals surface area contributed by atoms with Crippen molar-refractivity contribution in [1.82, 2.24) is 0 Å². The van der Waals surface area contributed by atoms with Gasteiger partial charge in [0, 0.05) is 6.04 Å². The van der Waals surface area contributed by atoms with Gasteiger partial charge >= 0.3 is 0 Å². The summed E-state index contributed by atoms with van der Waals surface area (Å²) in [6, 6.07) is 6.60. The van der Waals surface area contributed by atoms with Gasteiger partial charge < -0.3 is 5.73 Å². The van der Waals surface area contributed by atoms with Gasteiger partial charge in [-0.2, -0.15) is 0 Å². The van der Waals surface area contributed by atoms with Crippen LogP contribution in [0.1, 0.15) is 43.5 Å². The van der Waals surface area contributed by atoms with Crippen molar-refractivity contribution in [2.24, 2.45) is 11.1 Å². The number of nitrogens with two attached hydrogens (primary N) is 1. The van der Waals surface area contributed by atoms with E-state index in [2.05, 4.69) is 52.8 Å². The van der Waals surface area contributed by atoms with E-state index in [1.807, 2.05) is 0 Å². The minimum absolute atomic E-state index is 0. The summed E-state index contributed by atoms with van der Waals surface area (Å²) in [7, 11) is 0. The quantitative estimate of drug-likeness (QED) is 0.777. The Kier molecular flexibility index (Phi) is 4.82. The van der Waals surface area contributed by atoms with E-state index in [1.54, 1.807) is 0 Å². The molecule has 0 fully saturated rings. The SMILES string of the molecule is Cc1ccc([C@@H](N)C(C)(C)C)c(C)c1.Cl. The molecule has 0 aliphatic rings. The fourth-order valence-electron chi connectivity index (χ4n) is 1.64. The third-order valence-electron chi connectivity index (χ3n) is 2.69. The van der Waals surface area contributed by atoms with Gasteiger partial charge in [0.25, 0.3) is 0 Å². The molecule has 0 heterocycles. The third-order valence-corrected chi connectivity index (χ3v) is 2.69. The molecule has 1 rings (SSSR count). The fourth-order valence-corrected chi connectivity index (χ4v) is 1.64. The van der Waals surface area contributed by atoms with Gasteiger partial charge in [0.05, 0.1) is 0 Å². The van der Waals surface area contributed by atoms with Gasteiger partial charge in [-0.15, -0.1) is 12.4 Å². The second-order valence-corrected chi connectivity index (χ2v) is 5.20. The van der Waals surface area contributed by atoms with Gasteiger partial charge in [0.1, 0.15) is 0 Å². The van der Waals surface area contributed by atoms with Crippen LogP contribution in [-0.2, 0) is 0 Å². The molecule has 86 valence electrons. The third kappa shape index (κ3) is 3.51. The number of aryl methyl sites for hydroxylation is 2. The summed E-state index contributed by atoms with van der Waals surface area (Å²) in [4.78, 5) is 0. The highest BCUT2D eigenvalue weighted by molar-refractivity contribution is 5.85. The second kappa shape index (κ2) is 5.00. The second-order valence-electron chi connectivity index (χ2n) is 5.20. The minimum atomic E-state index is 0. The van der Waals surface area contributed by atoms with E-state index in [-0.39, 0.29) is 23.9 Å². The highest BCUT2D eigenvalue weighted by Crippen LogP contribution is 2.32. The zero-order valence-electron chi connectivity index (χ0n) is 10.3. The van der Waals surface area contributed by atoms with Crippen LogP contribution in [0.5, 0.6) is 0 Å². The number of benzene rings is 1. The fraction of sp³-hybridized carbons (Fsp3) is 0.538. The summed E-state index contributed by atoms with van der Waals surface area (Å²) < 4.78 is 0. The predicted molar refractivity (Wildman–Crippen MR) is 69.5 cm³/mol. The number of halogens is 1. The van der Waals surface area contributed by atoms with Crippen LogP contribution < -0.4 is 5.73 Å². The molecule has 0 unspecified atom stereocenters. The van der Waals surface area contributed by atoms with Crippen LogP contribution >= 0.6 is 12.4 Å². The number of hydrogen-bond donors (Lipinski definition) is 1. The molecular formula is C13H22ClN. The molecule has 0 spiro atoms. The monoisotopic (exact) mass is 227 g/mol. The van der Waals surface area contributed by atoms with Gasteiger partial charge in [-0.3, -0.25) is 0 Å². The molecule has 0 radical (unpaired) electrons. The standard InChI is InChI=1S/C13H21N.ClH/c1-9-6-7-11(10(2)8-9)12(14)13(3,4)5;/h6-8,12H,14H2,1-5H3;1H/t12-;/m1./s1. The zero-order valence-corrected chi connectivity index (χ0v) is 11.1. The Bertz CT molecular complexity index is 326. The van der Waals surface area contributed by atoms with Crippen molar-refractivity contribution in [3.05, 3.63) is 34.9 Å².